The van der Waals surface area contributed by atoms with Gasteiger partial charge in [0.1, 0.15) is 0 Å². The van der Waals surface area contributed by atoms with E-state index in [1.54, 1.807) is 12.1 Å². The van der Waals surface area contributed by atoms with Gasteiger partial charge in [-0.3, -0.25) is 4.90 Å². The van der Waals surface area contributed by atoms with Gasteiger partial charge in [-0.25, -0.2) is 4.79 Å². The van der Waals surface area contributed by atoms with E-state index in [9.17, 15) is 4.79 Å². The van der Waals surface area contributed by atoms with E-state index in [1.807, 2.05) is 6.07 Å². The van der Waals surface area contributed by atoms with Gasteiger partial charge in [0.15, 0.2) is 0 Å². The van der Waals surface area contributed by atoms with Gasteiger partial charge in [0.25, 0.3) is 0 Å². The number of piperidine rings is 1. The van der Waals surface area contributed by atoms with Gasteiger partial charge in [-0.05, 0) is 44.4 Å². The number of nitrogens with two attached hydrogens (primary N) is 1. The summed E-state index contributed by atoms with van der Waals surface area (Å²) in [6.45, 7) is 5.39. The number of carbonyl (C=O) groups excluding carboxylic acids is 1. The molecule has 2 rings (SSSR count). The van der Waals surface area contributed by atoms with Crippen LogP contribution in [-0.4, -0.2) is 30.1 Å². The number of likely N-dealkylation sites (tertiary alicyclic amines) is 1. The maximum absolute atomic E-state index is 11.5. The van der Waals surface area contributed by atoms with E-state index in [4.69, 9.17) is 10.5 Å². The molecule has 1 saturated heterocycles. The Labute approximate surface area is 120 Å². The van der Waals surface area contributed by atoms with Crippen molar-refractivity contribution in [3.05, 3.63) is 29.3 Å². The first-order valence-corrected chi connectivity index (χ1v) is 7.25. The van der Waals surface area contributed by atoms with Crippen LogP contribution in [0.1, 0.15) is 49.0 Å². The van der Waals surface area contributed by atoms with Gasteiger partial charge >= 0.3 is 5.97 Å². The minimum atomic E-state index is -0.344. The highest BCUT2D eigenvalue weighted by atomic mass is 16.5. The van der Waals surface area contributed by atoms with Crippen molar-refractivity contribution in [3.8, 4) is 0 Å². The number of benzene rings is 1. The standard InChI is InChI=1S/C16H24N2O2/c1-11-5-4-6-12(2)18(11)10-14-8-7-13(9-15(14)17)16(19)20-3/h7-9,11-12H,4-6,10,17H2,1-3H3. The fourth-order valence-corrected chi connectivity index (χ4v) is 2.97. The zero-order valence-corrected chi connectivity index (χ0v) is 12.6. The summed E-state index contributed by atoms with van der Waals surface area (Å²) in [7, 11) is 1.38. The van der Waals surface area contributed by atoms with Gasteiger partial charge in [-0.1, -0.05) is 12.5 Å². The molecule has 0 amide bonds. The average Bonchev–Trinajstić information content (AvgIpc) is 2.43. The summed E-state index contributed by atoms with van der Waals surface area (Å²) >= 11 is 0. The minimum Gasteiger partial charge on any atom is -0.465 e. The van der Waals surface area contributed by atoms with Gasteiger partial charge in [0.05, 0.1) is 12.7 Å². The van der Waals surface area contributed by atoms with Gasteiger partial charge in [0.2, 0.25) is 0 Å². The van der Waals surface area contributed by atoms with Crippen molar-refractivity contribution in [1.82, 2.24) is 4.90 Å². The van der Waals surface area contributed by atoms with Crippen molar-refractivity contribution in [3.63, 3.8) is 0 Å². The van der Waals surface area contributed by atoms with E-state index in [1.165, 1.54) is 26.4 Å². The topological polar surface area (TPSA) is 55.6 Å². The third kappa shape index (κ3) is 3.12. The Morgan fingerprint density at radius 2 is 2.00 bits per heavy atom. The molecule has 0 spiro atoms. The number of anilines is 1. The molecule has 4 nitrogen and oxygen atoms in total. The molecule has 0 aliphatic carbocycles. The van der Waals surface area contributed by atoms with E-state index in [2.05, 4.69) is 18.7 Å². The monoisotopic (exact) mass is 276 g/mol. The lowest BCUT2D eigenvalue weighted by Gasteiger charge is -2.39. The van der Waals surface area contributed by atoms with Gasteiger partial charge in [-0.2, -0.15) is 0 Å². The van der Waals surface area contributed by atoms with Crippen molar-refractivity contribution in [2.75, 3.05) is 12.8 Å². The van der Waals surface area contributed by atoms with Crippen molar-refractivity contribution < 1.29 is 9.53 Å². The van der Waals surface area contributed by atoms with Crippen molar-refractivity contribution in [1.29, 1.82) is 0 Å². The van der Waals surface area contributed by atoms with Gasteiger partial charge < -0.3 is 10.5 Å². The average molecular weight is 276 g/mol. The number of nitrogen functional groups attached to an aromatic ring is 1. The normalized spacial score (nSPS) is 23.6. The second kappa shape index (κ2) is 6.27. The number of nitrogens with zero attached hydrogens (tertiary/aromatic N) is 1. The molecule has 2 atom stereocenters. The zero-order valence-electron chi connectivity index (χ0n) is 12.6. The summed E-state index contributed by atoms with van der Waals surface area (Å²) in [4.78, 5) is 14.0. The second-order valence-electron chi connectivity index (χ2n) is 5.71. The Morgan fingerprint density at radius 3 is 2.55 bits per heavy atom. The van der Waals surface area contributed by atoms with Crippen LogP contribution in [0.3, 0.4) is 0 Å². The Balaban J connectivity index is 2.15. The van der Waals surface area contributed by atoms with Crippen LogP contribution in [0, 0.1) is 0 Å². The van der Waals surface area contributed by atoms with Crippen LogP contribution in [0.4, 0.5) is 5.69 Å². The fraction of sp³-hybridized carbons (Fsp3) is 0.562. The predicted molar refractivity (Wildman–Crippen MR) is 80.5 cm³/mol. The highest BCUT2D eigenvalue weighted by Gasteiger charge is 2.25. The summed E-state index contributed by atoms with van der Waals surface area (Å²) in [5.41, 5.74) is 8.34. The minimum absolute atomic E-state index is 0.344. The molecule has 0 radical (unpaired) electrons. The molecule has 110 valence electrons. The molecule has 1 fully saturated rings. The van der Waals surface area contributed by atoms with E-state index < -0.39 is 0 Å². The number of hydrogen-bond donors (Lipinski definition) is 1. The summed E-state index contributed by atoms with van der Waals surface area (Å²) in [5.74, 6) is -0.344. The van der Waals surface area contributed by atoms with Gasteiger partial charge in [-0.15, -0.1) is 0 Å². The molecular weight excluding hydrogens is 252 g/mol. The van der Waals surface area contributed by atoms with Crippen LogP contribution in [0.25, 0.3) is 0 Å². The molecule has 0 bridgehead atoms. The molecule has 4 heteroatoms. The number of ether oxygens (including phenoxy) is 1. The highest BCUT2D eigenvalue weighted by molar-refractivity contribution is 5.90. The summed E-state index contributed by atoms with van der Waals surface area (Å²) in [6, 6.07) is 6.60. The van der Waals surface area contributed by atoms with E-state index in [0.29, 0.717) is 23.3 Å². The first kappa shape index (κ1) is 14.9. The molecule has 20 heavy (non-hydrogen) atoms. The van der Waals surface area contributed by atoms with Crippen LogP contribution in [0.5, 0.6) is 0 Å². The summed E-state index contributed by atoms with van der Waals surface area (Å²) in [6.07, 6.45) is 3.78. The lowest BCUT2D eigenvalue weighted by molar-refractivity contribution is 0.0600. The molecule has 0 saturated carbocycles. The Hall–Kier alpha value is -1.55. The van der Waals surface area contributed by atoms with Crippen LogP contribution >= 0.6 is 0 Å². The molecule has 1 aromatic carbocycles. The molecular formula is C16H24N2O2. The first-order valence-electron chi connectivity index (χ1n) is 7.25. The maximum atomic E-state index is 11.5. The summed E-state index contributed by atoms with van der Waals surface area (Å²) < 4.78 is 4.71. The van der Waals surface area contributed by atoms with Crippen LogP contribution in [0.15, 0.2) is 18.2 Å². The van der Waals surface area contributed by atoms with Crippen molar-refractivity contribution in [2.24, 2.45) is 0 Å². The highest BCUT2D eigenvalue weighted by Crippen LogP contribution is 2.26. The molecule has 1 aliphatic rings. The Morgan fingerprint density at radius 1 is 1.35 bits per heavy atom. The number of rotatable bonds is 3. The van der Waals surface area contributed by atoms with E-state index >= 15 is 0 Å². The van der Waals surface area contributed by atoms with E-state index in [0.717, 1.165) is 12.1 Å². The quantitative estimate of drug-likeness (QED) is 0.681. The summed E-state index contributed by atoms with van der Waals surface area (Å²) in [5, 5.41) is 0. The predicted octanol–water partition coefficient (Wildman–Crippen LogP) is 2.82. The van der Waals surface area contributed by atoms with Crippen LogP contribution in [0.2, 0.25) is 0 Å². The third-order valence-electron chi connectivity index (χ3n) is 4.30. The number of carbonyl (C=O) groups is 1. The molecule has 2 unspecified atom stereocenters. The van der Waals surface area contributed by atoms with Crippen molar-refractivity contribution >= 4 is 11.7 Å². The third-order valence-corrected chi connectivity index (χ3v) is 4.30. The zero-order chi connectivity index (χ0) is 14.7. The van der Waals surface area contributed by atoms with Gasteiger partial charge in [0, 0.05) is 24.3 Å². The Bertz CT molecular complexity index is 477. The second-order valence-corrected chi connectivity index (χ2v) is 5.71. The molecule has 0 aromatic heterocycles. The smallest absolute Gasteiger partial charge is 0.337 e. The lowest BCUT2D eigenvalue weighted by atomic mass is 9.96. The molecule has 1 aromatic rings. The largest absolute Gasteiger partial charge is 0.465 e. The maximum Gasteiger partial charge on any atom is 0.337 e. The number of methoxy groups -OCH3 is 1. The number of esters is 1. The molecule has 2 N–H and O–H groups in total. The number of hydrogen-bond acceptors (Lipinski definition) is 4. The van der Waals surface area contributed by atoms with E-state index in [-0.39, 0.29) is 5.97 Å². The molecule has 1 heterocycles. The molecule has 1 aliphatic heterocycles. The Kier molecular flexibility index (Phi) is 4.65. The van der Waals surface area contributed by atoms with Crippen LogP contribution < -0.4 is 5.73 Å². The SMILES string of the molecule is COC(=O)c1ccc(CN2C(C)CCCC2C)c(N)c1. The lowest BCUT2D eigenvalue weighted by Crippen LogP contribution is -2.43. The fourth-order valence-electron chi connectivity index (χ4n) is 2.97. The van der Waals surface area contributed by atoms with Crippen LogP contribution in [-0.2, 0) is 11.3 Å². The first-order chi connectivity index (χ1) is 9.52. The van der Waals surface area contributed by atoms with Crippen molar-refractivity contribution in [2.45, 2.75) is 51.7 Å².